The van der Waals surface area contributed by atoms with Crippen molar-refractivity contribution < 1.29 is 9.47 Å². The van der Waals surface area contributed by atoms with E-state index in [1.807, 2.05) is 25.3 Å². The molecule has 4 heterocycles. The average molecular weight is 429 g/mol. The normalized spacial score (nSPS) is 15.8. The van der Waals surface area contributed by atoms with Crippen LogP contribution in [-0.4, -0.2) is 67.4 Å². The second kappa shape index (κ2) is 10.2. The van der Waals surface area contributed by atoms with E-state index >= 15 is 0 Å². The molecule has 0 amide bonds. The summed E-state index contributed by atoms with van der Waals surface area (Å²) >= 11 is 1.77. The van der Waals surface area contributed by atoms with Crippen LogP contribution in [0.5, 0.6) is 5.88 Å². The molecule has 162 valence electrons. The molecular weight excluding hydrogens is 396 g/mol. The number of anilines is 1. The number of hydrogen-bond donors (Lipinski definition) is 0. The Hall–Kier alpha value is -2.22. The van der Waals surface area contributed by atoms with E-state index in [1.54, 1.807) is 18.4 Å². The fourth-order valence-electron chi connectivity index (χ4n) is 3.67. The van der Waals surface area contributed by atoms with Gasteiger partial charge in [0.1, 0.15) is 11.9 Å². The van der Waals surface area contributed by atoms with Crippen molar-refractivity contribution in [2.45, 2.75) is 27.4 Å². The van der Waals surface area contributed by atoms with Crippen LogP contribution in [0, 0.1) is 0 Å². The second-order valence-corrected chi connectivity index (χ2v) is 8.28. The number of likely N-dealkylation sites (N-methyl/N-ethyl adjacent to an activating group) is 1. The lowest BCUT2D eigenvalue weighted by Crippen LogP contribution is -2.46. The van der Waals surface area contributed by atoms with Crippen molar-refractivity contribution in [3.8, 4) is 17.1 Å². The first-order valence-corrected chi connectivity index (χ1v) is 11.0. The van der Waals surface area contributed by atoms with E-state index in [1.165, 1.54) is 10.1 Å². The van der Waals surface area contributed by atoms with Gasteiger partial charge < -0.3 is 19.3 Å². The first-order valence-electron chi connectivity index (χ1n) is 10.2. The summed E-state index contributed by atoms with van der Waals surface area (Å²) in [5.74, 6) is 1.70. The van der Waals surface area contributed by atoms with E-state index in [4.69, 9.17) is 14.5 Å². The lowest BCUT2D eigenvalue weighted by atomic mass is 10.1. The van der Waals surface area contributed by atoms with Crippen molar-refractivity contribution >= 4 is 27.2 Å². The third kappa shape index (κ3) is 4.91. The maximum atomic E-state index is 5.78. The van der Waals surface area contributed by atoms with Crippen LogP contribution in [0.15, 0.2) is 35.8 Å². The summed E-state index contributed by atoms with van der Waals surface area (Å²) in [5, 5.41) is 3.39. The van der Waals surface area contributed by atoms with Gasteiger partial charge in [-0.25, -0.2) is 9.97 Å². The van der Waals surface area contributed by atoms with Gasteiger partial charge in [-0.15, -0.1) is 11.3 Å². The highest BCUT2D eigenvalue weighted by molar-refractivity contribution is 7.17. The van der Waals surface area contributed by atoms with Crippen molar-refractivity contribution in [3.63, 3.8) is 0 Å². The molecule has 3 aromatic heterocycles. The summed E-state index contributed by atoms with van der Waals surface area (Å²) in [6.07, 6.45) is 1.81. The molecule has 1 atom stereocenters. The SMILES string of the molecule is C.CCN1CCN(c2nc(-c3ccc(OC(C)COC)nc3)cc3ccsc23)CC1. The van der Waals surface area contributed by atoms with Crippen LogP contribution in [0.3, 0.4) is 0 Å². The summed E-state index contributed by atoms with van der Waals surface area (Å²) < 4.78 is 12.2. The molecule has 0 bridgehead atoms. The maximum absolute atomic E-state index is 5.78. The molecule has 0 radical (unpaired) electrons. The Kier molecular flexibility index (Phi) is 7.64. The van der Waals surface area contributed by atoms with E-state index in [2.05, 4.69) is 39.2 Å². The van der Waals surface area contributed by atoms with Crippen molar-refractivity contribution in [1.29, 1.82) is 0 Å². The van der Waals surface area contributed by atoms with Gasteiger partial charge >= 0.3 is 0 Å². The number of ether oxygens (including phenoxy) is 2. The van der Waals surface area contributed by atoms with Gasteiger partial charge in [0.05, 0.1) is 17.0 Å². The zero-order valence-electron chi connectivity index (χ0n) is 17.3. The van der Waals surface area contributed by atoms with Gasteiger partial charge in [0.25, 0.3) is 0 Å². The number of hydrogen-bond acceptors (Lipinski definition) is 7. The Bertz CT molecular complexity index is 936. The molecule has 0 aromatic carbocycles. The minimum absolute atomic E-state index is 0. The van der Waals surface area contributed by atoms with E-state index in [0.29, 0.717) is 12.5 Å². The maximum Gasteiger partial charge on any atom is 0.213 e. The number of fused-ring (bicyclic) bond motifs is 1. The summed E-state index contributed by atoms with van der Waals surface area (Å²) in [6.45, 7) is 10.0. The Morgan fingerprint density at radius 1 is 1.17 bits per heavy atom. The topological polar surface area (TPSA) is 50.7 Å². The second-order valence-electron chi connectivity index (χ2n) is 7.36. The largest absolute Gasteiger partial charge is 0.472 e. The average Bonchev–Trinajstić information content (AvgIpc) is 3.22. The van der Waals surface area contributed by atoms with Gasteiger partial charge in [0.15, 0.2) is 0 Å². The summed E-state index contributed by atoms with van der Waals surface area (Å²) in [4.78, 5) is 14.4. The quantitative estimate of drug-likeness (QED) is 0.550. The van der Waals surface area contributed by atoms with Gasteiger partial charge in [-0.2, -0.15) is 0 Å². The third-order valence-corrected chi connectivity index (χ3v) is 6.22. The number of methoxy groups -OCH3 is 1. The molecule has 1 aliphatic rings. The molecule has 1 aliphatic heterocycles. The van der Waals surface area contributed by atoms with Gasteiger partial charge in [-0.05, 0) is 42.4 Å². The number of rotatable bonds is 7. The minimum Gasteiger partial charge on any atom is -0.472 e. The predicted molar refractivity (Wildman–Crippen MR) is 126 cm³/mol. The van der Waals surface area contributed by atoms with Crippen molar-refractivity contribution in [2.75, 3.05) is 51.3 Å². The fourth-order valence-corrected chi connectivity index (χ4v) is 4.57. The fraction of sp³-hybridized carbons (Fsp3) is 0.478. The number of pyridine rings is 2. The van der Waals surface area contributed by atoms with Crippen LogP contribution in [0.1, 0.15) is 21.3 Å². The molecule has 30 heavy (non-hydrogen) atoms. The molecule has 7 heteroatoms. The molecule has 1 fully saturated rings. The molecule has 0 N–H and O–H groups in total. The molecule has 1 unspecified atom stereocenters. The molecule has 6 nitrogen and oxygen atoms in total. The number of piperazine rings is 1. The summed E-state index contributed by atoms with van der Waals surface area (Å²) in [7, 11) is 1.67. The summed E-state index contributed by atoms with van der Waals surface area (Å²) in [6, 6.07) is 8.26. The monoisotopic (exact) mass is 428 g/mol. The molecule has 0 saturated carbocycles. The molecule has 1 saturated heterocycles. The van der Waals surface area contributed by atoms with Crippen LogP contribution >= 0.6 is 11.3 Å². The van der Waals surface area contributed by atoms with Gasteiger partial charge in [-0.3, -0.25) is 0 Å². The van der Waals surface area contributed by atoms with Gasteiger partial charge in [-0.1, -0.05) is 14.4 Å². The Morgan fingerprint density at radius 2 is 1.97 bits per heavy atom. The molecule has 3 aromatic rings. The molecule has 4 rings (SSSR count). The predicted octanol–water partition coefficient (Wildman–Crippen LogP) is 4.55. The van der Waals surface area contributed by atoms with Crippen LogP contribution < -0.4 is 9.64 Å². The highest BCUT2D eigenvalue weighted by atomic mass is 32.1. The Balaban J connectivity index is 0.00000256. The van der Waals surface area contributed by atoms with Crippen LogP contribution in [0.25, 0.3) is 21.3 Å². The molecule has 0 aliphatic carbocycles. The van der Waals surface area contributed by atoms with Crippen molar-refractivity contribution in [2.24, 2.45) is 0 Å². The van der Waals surface area contributed by atoms with Crippen molar-refractivity contribution in [3.05, 3.63) is 35.8 Å². The lowest BCUT2D eigenvalue weighted by molar-refractivity contribution is 0.0890. The van der Waals surface area contributed by atoms with E-state index < -0.39 is 0 Å². The van der Waals surface area contributed by atoms with Gasteiger partial charge in [0, 0.05) is 51.1 Å². The first-order chi connectivity index (χ1) is 14.2. The van der Waals surface area contributed by atoms with Crippen LogP contribution in [0.2, 0.25) is 0 Å². The minimum atomic E-state index is -0.0352. The van der Waals surface area contributed by atoms with Gasteiger partial charge in [0.2, 0.25) is 5.88 Å². The first kappa shape index (κ1) is 22.5. The zero-order chi connectivity index (χ0) is 20.2. The third-order valence-electron chi connectivity index (χ3n) is 5.29. The number of aromatic nitrogens is 2. The Labute approximate surface area is 183 Å². The zero-order valence-corrected chi connectivity index (χ0v) is 18.1. The smallest absolute Gasteiger partial charge is 0.213 e. The lowest BCUT2D eigenvalue weighted by Gasteiger charge is -2.35. The van der Waals surface area contributed by atoms with Crippen LogP contribution in [-0.2, 0) is 4.74 Å². The molecule has 0 spiro atoms. The molecular formula is C23H32N4O2S. The number of thiophene rings is 1. The van der Waals surface area contributed by atoms with Crippen molar-refractivity contribution in [1.82, 2.24) is 14.9 Å². The highest BCUT2D eigenvalue weighted by Gasteiger charge is 2.20. The van der Waals surface area contributed by atoms with E-state index in [-0.39, 0.29) is 13.5 Å². The Morgan fingerprint density at radius 3 is 2.63 bits per heavy atom. The van der Waals surface area contributed by atoms with E-state index in [9.17, 15) is 0 Å². The summed E-state index contributed by atoms with van der Waals surface area (Å²) in [5.41, 5.74) is 1.95. The van der Waals surface area contributed by atoms with E-state index in [0.717, 1.165) is 49.8 Å². The standard InChI is InChI=1S/C22H28N4O2S.CH4/c1-4-25-8-10-26(11-9-25)22-21-17(7-12-29-21)13-19(24-22)18-5-6-20(23-14-18)28-16(2)15-27-3;/h5-7,12-14,16H,4,8-11,15H2,1-3H3;1H4. The number of nitrogens with zero attached hydrogens (tertiary/aromatic N) is 4. The highest BCUT2D eigenvalue weighted by Crippen LogP contribution is 2.34. The van der Waals surface area contributed by atoms with Crippen LogP contribution in [0.4, 0.5) is 5.82 Å².